The minimum absolute atomic E-state index is 0.123. The molecule has 2 aliphatic rings. The van der Waals surface area contributed by atoms with Gasteiger partial charge < -0.3 is 0 Å². The van der Waals surface area contributed by atoms with Gasteiger partial charge in [-0.05, 0) is 21.0 Å². The Hall–Kier alpha value is -3.30. The zero-order valence-electron chi connectivity index (χ0n) is 11.7. The fraction of sp³-hybridized carbons (Fsp3) is 0. The van der Waals surface area contributed by atoms with E-state index in [0.717, 1.165) is 0 Å². The van der Waals surface area contributed by atoms with Crippen LogP contribution < -0.4 is 0 Å². The number of carbonyl (C=O) groups excluding carboxylic acids is 2. The lowest BCUT2D eigenvalue weighted by Crippen LogP contribution is -2.26. The van der Waals surface area contributed by atoms with E-state index in [9.17, 15) is 30.6 Å². The van der Waals surface area contributed by atoms with Crippen molar-refractivity contribution < 1.29 is 9.59 Å². The lowest BCUT2D eigenvalue weighted by atomic mass is 9.94. The van der Waals surface area contributed by atoms with Crippen LogP contribution in [0.4, 0.5) is 0 Å². The number of ketones is 2. The summed E-state index contributed by atoms with van der Waals surface area (Å²) in [5.41, 5.74) is 0.293. The highest BCUT2D eigenvalue weighted by Crippen LogP contribution is 2.47. The molecular weight excluding hydrogens is 344 g/mol. The highest BCUT2D eigenvalue weighted by Gasteiger charge is 2.40. The molecule has 1 aliphatic carbocycles. The maximum absolute atomic E-state index is 12.8. The van der Waals surface area contributed by atoms with Crippen LogP contribution in [0.2, 0.25) is 0 Å². The standard InChI is InChI=1S/C16H4N4O2S2/c17-5-11-12(6-18)24(8-20)16-14(22)10-4-2-1-3-9(10)13(21)15(16)23(11)7-19/h1-4H. The third kappa shape index (κ3) is 1.89. The van der Waals surface area contributed by atoms with Crippen LogP contribution in [0.25, 0.3) is 0 Å². The second-order valence-electron chi connectivity index (χ2n) is 4.54. The summed E-state index contributed by atoms with van der Waals surface area (Å²) >= 11 is 0. The van der Waals surface area contributed by atoms with E-state index in [1.165, 1.54) is 12.1 Å². The second-order valence-corrected chi connectivity index (χ2v) is 7.76. The van der Waals surface area contributed by atoms with Gasteiger partial charge in [-0.1, -0.05) is 24.3 Å². The molecule has 0 aromatic heterocycles. The van der Waals surface area contributed by atoms with Crippen molar-refractivity contribution in [3.05, 3.63) is 45.2 Å². The fourth-order valence-corrected chi connectivity index (χ4v) is 6.03. The molecule has 112 valence electrons. The Balaban J connectivity index is 2.52. The monoisotopic (exact) mass is 348 g/mol. The van der Waals surface area contributed by atoms with Gasteiger partial charge in [0.15, 0.2) is 0 Å². The molecule has 6 nitrogen and oxygen atoms in total. The summed E-state index contributed by atoms with van der Waals surface area (Å²) in [4.78, 5) is 25.0. The number of fused-ring (bicyclic) bond motifs is 1. The van der Waals surface area contributed by atoms with E-state index in [1.807, 2.05) is 10.8 Å². The Kier molecular flexibility index (Phi) is 3.72. The van der Waals surface area contributed by atoms with Gasteiger partial charge in [-0.25, -0.2) is 0 Å². The van der Waals surface area contributed by atoms with Crippen LogP contribution in [0.15, 0.2) is 34.1 Å². The number of nitriles is 4. The largest absolute Gasteiger partial charge is 0.288 e. The molecule has 0 saturated heterocycles. The zero-order valence-corrected chi connectivity index (χ0v) is 13.4. The van der Waals surface area contributed by atoms with Gasteiger partial charge in [-0.3, -0.25) is 9.59 Å². The minimum atomic E-state index is -1.65. The van der Waals surface area contributed by atoms with Crippen molar-refractivity contribution >= 4 is 42.3 Å². The molecule has 0 fully saturated rings. The predicted octanol–water partition coefficient (Wildman–Crippen LogP) is 2.18. The summed E-state index contributed by atoms with van der Waals surface area (Å²) in [6, 6.07) is 9.66. The third-order valence-electron chi connectivity index (χ3n) is 3.44. The SMILES string of the molecule is N#CC1=S(C#N)C2=C(C(=O)c3ccccc3C2=O)S(C#N)=C1C#N. The molecular formula is C16H4N4O2S2. The number of allylic oxidation sites excluding steroid dienone is 2. The Morgan fingerprint density at radius 2 is 1.08 bits per heavy atom. The van der Waals surface area contributed by atoms with Crippen molar-refractivity contribution in [2.24, 2.45) is 0 Å². The van der Waals surface area contributed by atoms with Crippen molar-refractivity contribution in [3.63, 3.8) is 0 Å². The highest BCUT2D eigenvalue weighted by atomic mass is 32.2. The number of hydrogen-bond donors (Lipinski definition) is 0. The third-order valence-corrected chi connectivity index (χ3v) is 7.07. The molecule has 1 heterocycles. The fourth-order valence-electron chi connectivity index (χ4n) is 2.47. The number of nitrogens with zero attached hydrogens (tertiary/aromatic N) is 4. The van der Waals surface area contributed by atoms with Gasteiger partial charge in [0.25, 0.3) is 0 Å². The maximum atomic E-state index is 12.8. The molecule has 0 bridgehead atoms. The molecule has 0 radical (unpaired) electrons. The van der Waals surface area contributed by atoms with Gasteiger partial charge in [-0.15, -0.1) is 0 Å². The Labute approximate surface area is 141 Å². The molecule has 2 unspecified atom stereocenters. The van der Waals surface area contributed by atoms with Gasteiger partial charge in [0.05, 0.1) is 9.81 Å². The first-order chi connectivity index (χ1) is 11.6. The van der Waals surface area contributed by atoms with E-state index >= 15 is 0 Å². The zero-order chi connectivity index (χ0) is 17.4. The first-order valence-electron chi connectivity index (χ1n) is 6.35. The maximum Gasteiger partial charge on any atom is 0.201 e. The van der Waals surface area contributed by atoms with Crippen molar-refractivity contribution in [1.82, 2.24) is 0 Å². The van der Waals surface area contributed by atoms with Gasteiger partial charge in [0, 0.05) is 11.1 Å². The normalized spacial score (nSPS) is 21.8. The van der Waals surface area contributed by atoms with E-state index in [-0.39, 0.29) is 30.7 Å². The number of carbonyl (C=O) groups is 2. The first-order valence-corrected chi connectivity index (χ1v) is 8.80. The van der Waals surface area contributed by atoms with Crippen LogP contribution in [0, 0.1) is 44.0 Å². The van der Waals surface area contributed by atoms with Gasteiger partial charge in [0.2, 0.25) is 11.6 Å². The number of Topliss-reactive ketones (excluding diaryl/α,β-unsaturated/α-hetero) is 2. The summed E-state index contributed by atoms with van der Waals surface area (Å²) in [7, 11) is -3.30. The lowest BCUT2D eigenvalue weighted by molar-refractivity contribution is 0.0988. The van der Waals surface area contributed by atoms with Crippen molar-refractivity contribution in [1.29, 1.82) is 21.0 Å². The second kappa shape index (κ2) is 5.72. The van der Waals surface area contributed by atoms with Crippen LogP contribution >= 0.6 is 21.0 Å². The van der Waals surface area contributed by atoms with Gasteiger partial charge in [0.1, 0.15) is 32.7 Å². The average molecular weight is 348 g/mol. The molecule has 24 heavy (non-hydrogen) atoms. The molecule has 2 atom stereocenters. The number of hydrogen-bond acceptors (Lipinski definition) is 6. The molecule has 1 aromatic rings. The van der Waals surface area contributed by atoms with Gasteiger partial charge in [-0.2, -0.15) is 21.0 Å². The minimum Gasteiger partial charge on any atom is -0.288 e. The topological polar surface area (TPSA) is 129 Å². The van der Waals surface area contributed by atoms with Crippen molar-refractivity contribution in [2.75, 3.05) is 0 Å². The molecule has 0 N–H and O–H groups in total. The molecule has 3 rings (SSSR count). The van der Waals surface area contributed by atoms with E-state index in [1.54, 1.807) is 24.3 Å². The van der Waals surface area contributed by atoms with Crippen molar-refractivity contribution in [3.8, 4) is 22.9 Å². The summed E-state index contributed by atoms with van der Waals surface area (Å²) in [5, 5.41) is 41.2. The van der Waals surface area contributed by atoms with E-state index in [0.29, 0.717) is 0 Å². The molecule has 1 aromatic carbocycles. The van der Waals surface area contributed by atoms with Crippen LogP contribution in [-0.4, -0.2) is 21.3 Å². The Morgan fingerprint density at radius 1 is 0.708 bits per heavy atom. The summed E-state index contributed by atoms with van der Waals surface area (Å²) in [6.07, 6.45) is 0. The summed E-state index contributed by atoms with van der Waals surface area (Å²) in [6.45, 7) is 0. The first kappa shape index (κ1) is 15.6. The van der Waals surface area contributed by atoms with Gasteiger partial charge >= 0.3 is 0 Å². The molecule has 0 saturated carbocycles. The van der Waals surface area contributed by atoms with Crippen LogP contribution in [0.5, 0.6) is 0 Å². The van der Waals surface area contributed by atoms with E-state index in [4.69, 9.17) is 0 Å². The molecule has 8 heteroatoms. The van der Waals surface area contributed by atoms with Crippen LogP contribution in [0.1, 0.15) is 20.7 Å². The predicted molar refractivity (Wildman–Crippen MR) is 89.8 cm³/mol. The quantitative estimate of drug-likeness (QED) is 0.522. The van der Waals surface area contributed by atoms with E-state index < -0.39 is 32.5 Å². The number of thiocyanates is 2. The van der Waals surface area contributed by atoms with Crippen LogP contribution in [0.3, 0.4) is 0 Å². The van der Waals surface area contributed by atoms with Crippen LogP contribution in [-0.2, 0) is 0 Å². The summed E-state index contributed by atoms with van der Waals surface area (Å²) < 4.78 is 0. The molecule has 0 amide bonds. The molecule has 1 aliphatic heterocycles. The Morgan fingerprint density at radius 3 is 1.38 bits per heavy atom. The van der Waals surface area contributed by atoms with Crippen molar-refractivity contribution in [2.45, 2.75) is 0 Å². The average Bonchev–Trinajstić information content (AvgIpc) is 2.63. The lowest BCUT2D eigenvalue weighted by Gasteiger charge is -2.24. The van der Waals surface area contributed by atoms with E-state index in [2.05, 4.69) is 0 Å². The molecule has 0 spiro atoms. The number of rotatable bonds is 0. The smallest absolute Gasteiger partial charge is 0.201 e. The summed E-state index contributed by atoms with van der Waals surface area (Å²) in [5.74, 6) is -1.08. The Bertz CT molecular complexity index is 1040. The highest BCUT2D eigenvalue weighted by molar-refractivity contribution is 8.33. The number of benzene rings is 1.